The SMILES string of the molecule is COc1ccc2nc(N(CCCN(C)C)C(=O)CS(=O)(=O)c3ccc(F)cc3)sc2c1.Cl. The highest BCUT2D eigenvalue weighted by Gasteiger charge is 2.26. The maximum absolute atomic E-state index is 13.2. The van der Waals surface area contributed by atoms with Crippen LogP contribution in [0.3, 0.4) is 0 Å². The Balaban J connectivity index is 0.00000363. The lowest BCUT2D eigenvalue weighted by Gasteiger charge is -2.21. The van der Waals surface area contributed by atoms with E-state index in [1.54, 1.807) is 19.2 Å². The zero-order valence-corrected chi connectivity index (χ0v) is 20.4. The van der Waals surface area contributed by atoms with Crippen molar-refractivity contribution in [3.63, 3.8) is 0 Å². The molecule has 0 aliphatic heterocycles. The molecule has 1 amide bonds. The van der Waals surface area contributed by atoms with Crippen LogP contribution in [0.5, 0.6) is 5.75 Å². The first-order valence-electron chi connectivity index (χ1n) is 9.57. The van der Waals surface area contributed by atoms with Crippen molar-refractivity contribution in [2.75, 3.05) is 44.9 Å². The van der Waals surface area contributed by atoms with Crippen molar-refractivity contribution in [2.24, 2.45) is 0 Å². The molecule has 174 valence electrons. The number of hydrogen-bond donors (Lipinski definition) is 0. The van der Waals surface area contributed by atoms with Gasteiger partial charge in [0.05, 0.1) is 22.2 Å². The van der Waals surface area contributed by atoms with Crippen molar-refractivity contribution in [2.45, 2.75) is 11.3 Å². The predicted molar refractivity (Wildman–Crippen MR) is 127 cm³/mol. The van der Waals surface area contributed by atoms with Crippen molar-refractivity contribution in [1.82, 2.24) is 9.88 Å². The average molecular weight is 502 g/mol. The van der Waals surface area contributed by atoms with Crippen LogP contribution in [0.15, 0.2) is 47.4 Å². The van der Waals surface area contributed by atoms with Gasteiger partial charge in [-0.15, -0.1) is 12.4 Å². The molecule has 2 aromatic carbocycles. The van der Waals surface area contributed by atoms with Crippen molar-refractivity contribution >= 4 is 54.8 Å². The number of halogens is 2. The molecule has 11 heteroatoms. The van der Waals surface area contributed by atoms with Gasteiger partial charge in [0.2, 0.25) is 5.91 Å². The zero-order valence-electron chi connectivity index (χ0n) is 17.9. The molecule has 0 spiro atoms. The lowest BCUT2D eigenvalue weighted by Crippen LogP contribution is -2.37. The summed E-state index contributed by atoms with van der Waals surface area (Å²) in [5.41, 5.74) is 0.701. The minimum Gasteiger partial charge on any atom is -0.497 e. The number of amides is 1. The molecule has 32 heavy (non-hydrogen) atoms. The van der Waals surface area contributed by atoms with Gasteiger partial charge in [-0.1, -0.05) is 11.3 Å². The van der Waals surface area contributed by atoms with E-state index in [2.05, 4.69) is 4.98 Å². The van der Waals surface area contributed by atoms with Crippen molar-refractivity contribution in [1.29, 1.82) is 0 Å². The van der Waals surface area contributed by atoms with Crippen LogP contribution in [0.25, 0.3) is 10.2 Å². The number of fused-ring (bicyclic) bond motifs is 1. The van der Waals surface area contributed by atoms with Crippen molar-refractivity contribution < 1.29 is 22.3 Å². The molecule has 0 atom stereocenters. The number of nitrogens with zero attached hydrogens (tertiary/aromatic N) is 3. The number of rotatable bonds is 9. The van der Waals surface area contributed by atoms with Gasteiger partial charge in [0.15, 0.2) is 15.0 Å². The fraction of sp³-hybridized carbons (Fsp3) is 0.333. The number of aromatic nitrogens is 1. The van der Waals surface area contributed by atoms with Crippen molar-refractivity contribution in [3.05, 3.63) is 48.3 Å². The topological polar surface area (TPSA) is 79.8 Å². The van der Waals surface area contributed by atoms with Gasteiger partial charge >= 0.3 is 0 Å². The summed E-state index contributed by atoms with van der Waals surface area (Å²) in [5.74, 6) is -1.17. The molecule has 0 saturated heterocycles. The van der Waals surface area contributed by atoms with Crippen LogP contribution in [0, 0.1) is 5.82 Å². The molecule has 0 N–H and O–H groups in total. The van der Waals surface area contributed by atoms with Gasteiger partial charge in [-0.25, -0.2) is 17.8 Å². The molecule has 0 bridgehead atoms. The Morgan fingerprint density at radius 2 is 1.81 bits per heavy atom. The molecule has 0 aliphatic carbocycles. The quantitative estimate of drug-likeness (QED) is 0.417. The Morgan fingerprint density at radius 1 is 1.12 bits per heavy atom. The highest BCUT2D eigenvalue weighted by Crippen LogP contribution is 2.32. The Kier molecular flexibility index (Phi) is 8.97. The highest BCUT2D eigenvalue weighted by molar-refractivity contribution is 7.92. The third kappa shape index (κ3) is 6.38. The summed E-state index contributed by atoms with van der Waals surface area (Å²) in [6.45, 7) is 1.06. The predicted octanol–water partition coefficient (Wildman–Crippen LogP) is 3.62. The van der Waals surface area contributed by atoms with Crippen LogP contribution < -0.4 is 9.64 Å². The Labute approximate surface area is 197 Å². The average Bonchev–Trinajstić information content (AvgIpc) is 3.13. The smallest absolute Gasteiger partial charge is 0.244 e. The summed E-state index contributed by atoms with van der Waals surface area (Å²) in [6, 6.07) is 9.86. The largest absolute Gasteiger partial charge is 0.497 e. The van der Waals surface area contributed by atoms with E-state index in [0.29, 0.717) is 29.4 Å². The van der Waals surface area contributed by atoms with Crippen LogP contribution in [-0.2, 0) is 14.6 Å². The van der Waals surface area contributed by atoms with E-state index in [9.17, 15) is 17.6 Å². The number of benzene rings is 2. The van der Waals surface area contributed by atoms with E-state index in [1.807, 2.05) is 25.1 Å². The fourth-order valence-electron chi connectivity index (χ4n) is 2.97. The standard InChI is InChI=1S/C21H24FN3O4S2.ClH/c1-24(2)11-4-12-25(21-23-18-10-7-16(29-3)13-19(18)30-21)20(26)14-31(27,28)17-8-5-15(22)6-9-17;/h5-10,13H,4,11-12,14H2,1-3H3;1H. The van der Waals surface area contributed by atoms with E-state index in [-0.39, 0.29) is 17.3 Å². The minimum absolute atomic E-state index is 0. The van der Waals surface area contributed by atoms with Crippen LogP contribution in [0.4, 0.5) is 9.52 Å². The third-order valence-corrected chi connectivity index (χ3v) is 7.25. The Hall–Kier alpha value is -2.27. The summed E-state index contributed by atoms with van der Waals surface area (Å²) in [5, 5.41) is 0.432. The number of carbonyl (C=O) groups excluding carboxylic acids is 1. The second kappa shape index (κ2) is 11.0. The summed E-state index contributed by atoms with van der Waals surface area (Å²) in [6.07, 6.45) is 0.647. The number of methoxy groups -OCH3 is 1. The molecule has 0 unspecified atom stereocenters. The first-order valence-corrected chi connectivity index (χ1v) is 12.0. The van der Waals surface area contributed by atoms with E-state index in [0.717, 1.165) is 35.5 Å². The van der Waals surface area contributed by atoms with Gasteiger partial charge in [0.25, 0.3) is 0 Å². The van der Waals surface area contributed by atoms with Gasteiger partial charge in [-0.05, 0) is 69.5 Å². The molecule has 3 rings (SSSR count). The summed E-state index contributed by atoms with van der Waals surface area (Å²) in [4.78, 5) is 20.9. The molecule has 7 nitrogen and oxygen atoms in total. The molecule has 1 aromatic heterocycles. The van der Waals surface area contributed by atoms with Crippen molar-refractivity contribution in [3.8, 4) is 5.75 Å². The monoisotopic (exact) mass is 501 g/mol. The number of ether oxygens (including phenoxy) is 1. The van der Waals surface area contributed by atoms with Gasteiger partial charge in [-0.3, -0.25) is 9.69 Å². The summed E-state index contributed by atoms with van der Waals surface area (Å²) >= 11 is 1.30. The zero-order chi connectivity index (χ0) is 22.6. The minimum atomic E-state index is -3.92. The first-order chi connectivity index (χ1) is 14.7. The molecule has 0 radical (unpaired) electrons. The molecule has 1 heterocycles. The number of hydrogen-bond acceptors (Lipinski definition) is 7. The highest BCUT2D eigenvalue weighted by atomic mass is 35.5. The van der Waals surface area contributed by atoms with Gasteiger partial charge in [0.1, 0.15) is 17.3 Å². The Bertz CT molecular complexity index is 1170. The number of thiazole rings is 1. The number of carbonyl (C=O) groups is 1. The van der Waals surface area contributed by atoms with E-state index < -0.39 is 27.3 Å². The van der Waals surface area contributed by atoms with Gasteiger partial charge < -0.3 is 9.64 Å². The summed E-state index contributed by atoms with van der Waals surface area (Å²) < 4.78 is 44.7. The van der Waals surface area contributed by atoms with Gasteiger partial charge in [-0.2, -0.15) is 0 Å². The second-order valence-electron chi connectivity index (χ2n) is 7.25. The van der Waals surface area contributed by atoms with Crippen LogP contribution in [0.1, 0.15) is 6.42 Å². The molecule has 0 saturated carbocycles. The molecular weight excluding hydrogens is 477 g/mol. The van der Waals surface area contributed by atoms with E-state index in [1.165, 1.54) is 16.2 Å². The number of anilines is 1. The van der Waals surface area contributed by atoms with Crippen LogP contribution >= 0.6 is 23.7 Å². The van der Waals surface area contributed by atoms with E-state index in [4.69, 9.17) is 4.74 Å². The molecule has 0 fully saturated rings. The normalized spacial score (nSPS) is 11.4. The number of sulfone groups is 1. The second-order valence-corrected chi connectivity index (χ2v) is 10.2. The molecular formula is C21H25ClFN3O4S2. The molecule has 3 aromatic rings. The van der Waals surface area contributed by atoms with Crippen LogP contribution in [0.2, 0.25) is 0 Å². The van der Waals surface area contributed by atoms with Gasteiger partial charge in [0, 0.05) is 6.54 Å². The Morgan fingerprint density at radius 3 is 2.44 bits per heavy atom. The maximum atomic E-state index is 13.2. The molecule has 0 aliphatic rings. The fourth-order valence-corrected chi connectivity index (χ4v) is 5.21. The third-order valence-electron chi connectivity index (χ3n) is 4.59. The lowest BCUT2D eigenvalue weighted by molar-refractivity contribution is -0.116. The summed E-state index contributed by atoms with van der Waals surface area (Å²) in [7, 11) is 1.50. The first kappa shape index (κ1) is 26.0. The van der Waals surface area contributed by atoms with E-state index >= 15 is 0 Å². The maximum Gasteiger partial charge on any atom is 0.244 e. The lowest BCUT2D eigenvalue weighted by atomic mass is 10.3. The van der Waals surface area contributed by atoms with Crippen LogP contribution in [-0.4, -0.2) is 64.3 Å².